The number of nitrogens with one attached hydrogen (secondary N) is 1. The minimum absolute atomic E-state index is 0.130. The third-order valence-corrected chi connectivity index (χ3v) is 1.60. The first-order chi connectivity index (χ1) is 6.29. The van der Waals surface area contributed by atoms with Crippen LogP contribution < -0.4 is 16.1 Å². The van der Waals surface area contributed by atoms with E-state index in [0.29, 0.717) is 10.6 Å². The van der Waals surface area contributed by atoms with Crippen molar-refractivity contribution in [2.75, 3.05) is 0 Å². The van der Waals surface area contributed by atoms with Crippen molar-refractivity contribution in [1.82, 2.24) is 9.97 Å². The lowest BCUT2D eigenvalue weighted by atomic mass is 10.3. The maximum absolute atomic E-state index is 11.3. The highest BCUT2D eigenvalue weighted by molar-refractivity contribution is 5.35. The average molecular weight is 176 g/mol. The predicted molar refractivity (Wildman–Crippen MR) is 53.5 cm³/mol. The SMILES string of the molecule is C=C/C=c1/c(=O)[nH]cn/c1=C/CC. The number of aromatic nitrogens is 2. The molecule has 1 aromatic heterocycles. The van der Waals surface area contributed by atoms with Crippen molar-refractivity contribution >= 4 is 12.2 Å². The van der Waals surface area contributed by atoms with Crippen LogP contribution in [0.25, 0.3) is 12.2 Å². The van der Waals surface area contributed by atoms with Crippen LogP contribution in [0, 0.1) is 0 Å². The number of aromatic amines is 1. The first kappa shape index (κ1) is 9.45. The second-order valence-corrected chi connectivity index (χ2v) is 2.55. The molecular formula is C10H12N2O. The van der Waals surface area contributed by atoms with Gasteiger partial charge in [-0.05, 0) is 12.5 Å². The van der Waals surface area contributed by atoms with Gasteiger partial charge >= 0.3 is 0 Å². The Labute approximate surface area is 76.2 Å². The van der Waals surface area contributed by atoms with Gasteiger partial charge in [0.25, 0.3) is 5.56 Å². The highest BCUT2D eigenvalue weighted by atomic mass is 16.1. The van der Waals surface area contributed by atoms with E-state index in [9.17, 15) is 4.79 Å². The summed E-state index contributed by atoms with van der Waals surface area (Å²) in [7, 11) is 0. The van der Waals surface area contributed by atoms with Crippen molar-refractivity contribution in [2.24, 2.45) is 0 Å². The zero-order chi connectivity index (χ0) is 9.68. The monoisotopic (exact) mass is 176 g/mol. The lowest BCUT2D eigenvalue weighted by Crippen LogP contribution is -2.42. The van der Waals surface area contributed by atoms with E-state index in [1.165, 1.54) is 6.33 Å². The summed E-state index contributed by atoms with van der Waals surface area (Å²) in [5.41, 5.74) is -0.130. The van der Waals surface area contributed by atoms with E-state index in [2.05, 4.69) is 16.5 Å². The van der Waals surface area contributed by atoms with Crippen LogP contribution in [0.1, 0.15) is 13.3 Å². The van der Waals surface area contributed by atoms with Crippen molar-refractivity contribution in [3.05, 3.63) is 39.9 Å². The summed E-state index contributed by atoms with van der Waals surface area (Å²) in [6.45, 7) is 5.55. The summed E-state index contributed by atoms with van der Waals surface area (Å²) in [6, 6.07) is 0. The van der Waals surface area contributed by atoms with E-state index in [4.69, 9.17) is 0 Å². The highest BCUT2D eigenvalue weighted by Gasteiger charge is 1.89. The van der Waals surface area contributed by atoms with Gasteiger partial charge in [-0.15, -0.1) is 0 Å². The van der Waals surface area contributed by atoms with Crippen LogP contribution in [-0.2, 0) is 0 Å². The van der Waals surface area contributed by atoms with E-state index >= 15 is 0 Å². The summed E-state index contributed by atoms with van der Waals surface area (Å²) in [4.78, 5) is 17.9. The molecule has 0 spiro atoms. The minimum atomic E-state index is -0.130. The molecule has 1 N–H and O–H groups in total. The zero-order valence-corrected chi connectivity index (χ0v) is 7.58. The van der Waals surface area contributed by atoms with Gasteiger partial charge in [0.15, 0.2) is 0 Å². The third-order valence-electron chi connectivity index (χ3n) is 1.60. The molecule has 0 atom stereocenters. The van der Waals surface area contributed by atoms with Crippen LogP contribution in [0.2, 0.25) is 0 Å². The Balaban J connectivity index is 3.63. The first-order valence-corrected chi connectivity index (χ1v) is 4.16. The molecule has 0 amide bonds. The first-order valence-electron chi connectivity index (χ1n) is 4.16. The standard InChI is InChI=1S/C10H12N2O/c1-3-5-8-9(6-4-2)11-7-12-10(8)13/h3,5-7H,1,4H2,2H3,(H,11,12,13)/b8-5+,9-6+. The molecule has 0 aliphatic carbocycles. The largest absolute Gasteiger partial charge is 0.313 e. The van der Waals surface area contributed by atoms with Crippen LogP contribution in [0.15, 0.2) is 23.8 Å². The molecule has 0 aromatic carbocycles. The van der Waals surface area contributed by atoms with Crippen LogP contribution in [0.5, 0.6) is 0 Å². The Morgan fingerprint density at radius 1 is 1.69 bits per heavy atom. The summed E-state index contributed by atoms with van der Waals surface area (Å²) >= 11 is 0. The molecule has 0 saturated carbocycles. The molecule has 68 valence electrons. The van der Waals surface area contributed by atoms with Gasteiger partial charge in [-0.2, -0.15) is 0 Å². The van der Waals surface area contributed by atoms with E-state index < -0.39 is 0 Å². The Hall–Kier alpha value is -1.64. The van der Waals surface area contributed by atoms with Crippen molar-refractivity contribution in [3.8, 4) is 0 Å². The molecular weight excluding hydrogens is 164 g/mol. The number of H-pyrrole nitrogens is 1. The molecule has 1 aromatic rings. The molecule has 0 saturated heterocycles. The Morgan fingerprint density at radius 2 is 2.46 bits per heavy atom. The molecule has 3 nitrogen and oxygen atoms in total. The van der Waals surface area contributed by atoms with Crippen LogP contribution >= 0.6 is 0 Å². The average Bonchev–Trinajstić information content (AvgIpc) is 2.11. The van der Waals surface area contributed by atoms with Crippen LogP contribution in [-0.4, -0.2) is 9.97 Å². The van der Waals surface area contributed by atoms with Crippen molar-refractivity contribution in [1.29, 1.82) is 0 Å². The maximum Gasteiger partial charge on any atom is 0.258 e. The molecule has 0 radical (unpaired) electrons. The number of hydrogen-bond acceptors (Lipinski definition) is 2. The van der Waals surface area contributed by atoms with E-state index in [1.54, 1.807) is 12.2 Å². The Kier molecular flexibility index (Phi) is 3.20. The van der Waals surface area contributed by atoms with E-state index in [1.807, 2.05) is 13.0 Å². The third kappa shape index (κ3) is 2.15. The number of hydrogen-bond donors (Lipinski definition) is 1. The quantitative estimate of drug-likeness (QED) is 0.685. The van der Waals surface area contributed by atoms with Gasteiger partial charge in [-0.25, -0.2) is 4.98 Å². The van der Waals surface area contributed by atoms with Gasteiger partial charge in [-0.1, -0.05) is 25.7 Å². The summed E-state index contributed by atoms with van der Waals surface area (Å²) in [5.74, 6) is 0. The molecule has 0 aliphatic heterocycles. The Morgan fingerprint density at radius 3 is 3.08 bits per heavy atom. The highest BCUT2D eigenvalue weighted by Crippen LogP contribution is 1.70. The topological polar surface area (TPSA) is 45.8 Å². The molecule has 0 unspecified atom stereocenters. The van der Waals surface area contributed by atoms with Crippen molar-refractivity contribution in [2.45, 2.75) is 13.3 Å². The lowest BCUT2D eigenvalue weighted by molar-refractivity contribution is 1.04. The second-order valence-electron chi connectivity index (χ2n) is 2.55. The second kappa shape index (κ2) is 4.40. The fraction of sp³-hybridized carbons (Fsp3) is 0.200. The fourth-order valence-electron chi connectivity index (χ4n) is 1.06. The van der Waals surface area contributed by atoms with Gasteiger partial charge in [0.1, 0.15) is 0 Å². The summed E-state index contributed by atoms with van der Waals surface area (Å²) in [6.07, 6.45) is 7.41. The van der Waals surface area contributed by atoms with Crippen LogP contribution in [0.4, 0.5) is 0 Å². The number of nitrogens with zero attached hydrogens (tertiary/aromatic N) is 1. The van der Waals surface area contributed by atoms with Gasteiger partial charge in [0, 0.05) is 0 Å². The molecule has 1 heterocycles. The van der Waals surface area contributed by atoms with E-state index in [0.717, 1.165) is 6.42 Å². The van der Waals surface area contributed by atoms with Gasteiger partial charge in [0.2, 0.25) is 0 Å². The maximum atomic E-state index is 11.3. The Bertz CT molecular complexity index is 457. The van der Waals surface area contributed by atoms with Crippen molar-refractivity contribution < 1.29 is 0 Å². The molecule has 1 rings (SSSR count). The smallest absolute Gasteiger partial charge is 0.258 e. The summed E-state index contributed by atoms with van der Waals surface area (Å²) in [5, 5.41) is 1.28. The molecule has 3 heteroatoms. The minimum Gasteiger partial charge on any atom is -0.313 e. The summed E-state index contributed by atoms with van der Waals surface area (Å²) < 4.78 is 0. The number of allylic oxidation sites excluding steroid dienone is 1. The fourth-order valence-corrected chi connectivity index (χ4v) is 1.06. The zero-order valence-electron chi connectivity index (χ0n) is 7.58. The number of rotatable bonds is 2. The normalized spacial score (nSPS) is 13.3. The van der Waals surface area contributed by atoms with Gasteiger partial charge in [0.05, 0.1) is 16.9 Å². The van der Waals surface area contributed by atoms with Gasteiger partial charge in [-0.3, -0.25) is 4.79 Å². The van der Waals surface area contributed by atoms with Gasteiger partial charge < -0.3 is 4.98 Å². The lowest BCUT2D eigenvalue weighted by Gasteiger charge is -1.87. The molecule has 13 heavy (non-hydrogen) atoms. The molecule has 0 bridgehead atoms. The molecule has 0 fully saturated rings. The van der Waals surface area contributed by atoms with E-state index in [-0.39, 0.29) is 5.56 Å². The van der Waals surface area contributed by atoms with Crippen molar-refractivity contribution in [3.63, 3.8) is 0 Å². The molecule has 0 aliphatic rings. The predicted octanol–water partition coefficient (Wildman–Crippen LogP) is -0.0731. The van der Waals surface area contributed by atoms with Crippen LogP contribution in [0.3, 0.4) is 0 Å².